The van der Waals surface area contributed by atoms with Crippen molar-refractivity contribution in [3.63, 3.8) is 0 Å². The highest BCUT2D eigenvalue weighted by Gasteiger charge is 2.32. The molecule has 100 valence electrons. The summed E-state index contributed by atoms with van der Waals surface area (Å²) in [7, 11) is -1.71. The first-order valence-corrected chi connectivity index (χ1v) is 7.55. The molecular formula is C13H20N2O2S. The van der Waals surface area contributed by atoms with Gasteiger partial charge < -0.3 is 0 Å². The van der Waals surface area contributed by atoms with Crippen LogP contribution in [-0.4, -0.2) is 32.9 Å². The molecule has 0 radical (unpaired) electrons. The van der Waals surface area contributed by atoms with Crippen LogP contribution in [0.5, 0.6) is 0 Å². The molecule has 1 saturated heterocycles. The number of rotatable bonds is 1. The molecule has 2 rings (SSSR count). The van der Waals surface area contributed by atoms with Crippen LogP contribution >= 0.6 is 0 Å². The average molecular weight is 268 g/mol. The van der Waals surface area contributed by atoms with Gasteiger partial charge in [0.15, 0.2) is 0 Å². The second-order valence-corrected chi connectivity index (χ2v) is 6.96. The number of hydrogen-bond donors (Lipinski definition) is 0. The SMILES string of the molecule is Cc1cc(C)c(N2CCCN(C)S2(=O)=O)c(C)c1. The Morgan fingerprint density at radius 1 is 1.06 bits per heavy atom. The summed E-state index contributed by atoms with van der Waals surface area (Å²) in [5.74, 6) is 0. The Morgan fingerprint density at radius 2 is 1.61 bits per heavy atom. The van der Waals surface area contributed by atoms with E-state index in [2.05, 4.69) is 0 Å². The lowest BCUT2D eigenvalue weighted by atomic mass is 10.1. The molecule has 0 aliphatic carbocycles. The Bertz CT molecular complexity index is 543. The molecule has 1 aromatic rings. The summed E-state index contributed by atoms with van der Waals surface area (Å²) in [6.07, 6.45) is 0.864. The third kappa shape index (κ3) is 2.12. The standard InChI is InChI=1S/C13H20N2O2S/c1-10-8-11(2)13(12(3)9-10)15-7-5-6-14(4)18(15,16)17/h8-9H,5-7H2,1-4H3. The summed E-state index contributed by atoms with van der Waals surface area (Å²) in [4.78, 5) is 0. The maximum Gasteiger partial charge on any atom is 0.303 e. The zero-order chi connectivity index (χ0) is 13.5. The topological polar surface area (TPSA) is 40.6 Å². The highest BCUT2D eigenvalue weighted by Crippen LogP contribution is 2.31. The van der Waals surface area contributed by atoms with Gasteiger partial charge in [-0.3, -0.25) is 4.31 Å². The van der Waals surface area contributed by atoms with Gasteiger partial charge in [-0.05, 0) is 38.3 Å². The predicted octanol–water partition coefficient (Wildman–Crippen LogP) is 2.00. The smallest absolute Gasteiger partial charge is 0.257 e. The van der Waals surface area contributed by atoms with Crippen molar-refractivity contribution in [2.45, 2.75) is 27.2 Å². The summed E-state index contributed by atoms with van der Waals surface area (Å²) in [5.41, 5.74) is 4.04. The fourth-order valence-electron chi connectivity index (χ4n) is 2.63. The number of aryl methyl sites for hydroxylation is 3. The first kappa shape index (κ1) is 13.4. The Morgan fingerprint density at radius 3 is 2.17 bits per heavy atom. The highest BCUT2D eigenvalue weighted by molar-refractivity contribution is 7.90. The first-order chi connectivity index (χ1) is 8.34. The highest BCUT2D eigenvalue weighted by atomic mass is 32.2. The van der Waals surface area contributed by atoms with Crippen molar-refractivity contribution in [3.8, 4) is 0 Å². The lowest BCUT2D eigenvalue weighted by molar-refractivity contribution is 0.437. The third-order valence-corrected chi connectivity index (χ3v) is 5.28. The maximum absolute atomic E-state index is 12.4. The number of hydrogen-bond acceptors (Lipinski definition) is 2. The minimum atomic E-state index is -3.35. The predicted molar refractivity (Wildman–Crippen MR) is 74.2 cm³/mol. The van der Waals surface area contributed by atoms with Gasteiger partial charge >= 0.3 is 10.2 Å². The number of benzene rings is 1. The molecule has 5 heteroatoms. The molecule has 1 aromatic carbocycles. The van der Waals surface area contributed by atoms with E-state index in [1.54, 1.807) is 11.4 Å². The van der Waals surface area contributed by atoms with Crippen molar-refractivity contribution in [3.05, 3.63) is 28.8 Å². The summed E-state index contributed by atoms with van der Waals surface area (Å²) in [6, 6.07) is 4.07. The van der Waals surface area contributed by atoms with E-state index in [9.17, 15) is 8.42 Å². The van der Waals surface area contributed by atoms with Gasteiger partial charge in [-0.15, -0.1) is 0 Å². The fraction of sp³-hybridized carbons (Fsp3) is 0.538. The molecule has 1 aliphatic rings. The Labute approximate surface area is 109 Å². The van der Waals surface area contributed by atoms with Crippen molar-refractivity contribution in [2.75, 3.05) is 24.4 Å². The molecule has 0 amide bonds. The van der Waals surface area contributed by atoms with Crippen LogP contribution in [-0.2, 0) is 10.2 Å². The molecular weight excluding hydrogens is 248 g/mol. The van der Waals surface area contributed by atoms with Crippen LogP contribution in [0.2, 0.25) is 0 Å². The maximum atomic E-state index is 12.4. The van der Waals surface area contributed by atoms with Gasteiger partial charge in [0.25, 0.3) is 0 Å². The minimum absolute atomic E-state index is 0.567. The van der Waals surface area contributed by atoms with Gasteiger partial charge in [-0.2, -0.15) is 12.7 Å². The monoisotopic (exact) mass is 268 g/mol. The van der Waals surface area contributed by atoms with Gasteiger partial charge in [0.2, 0.25) is 0 Å². The van der Waals surface area contributed by atoms with Crippen LogP contribution in [0.1, 0.15) is 23.1 Å². The van der Waals surface area contributed by atoms with Crippen LogP contribution in [0.3, 0.4) is 0 Å². The van der Waals surface area contributed by atoms with Crippen molar-refractivity contribution in [1.29, 1.82) is 0 Å². The van der Waals surface area contributed by atoms with E-state index < -0.39 is 10.2 Å². The van der Waals surface area contributed by atoms with Crippen LogP contribution in [0.25, 0.3) is 0 Å². The molecule has 0 N–H and O–H groups in total. The molecule has 0 bridgehead atoms. The summed E-state index contributed by atoms with van der Waals surface area (Å²) >= 11 is 0. The molecule has 0 atom stereocenters. The molecule has 1 aliphatic heterocycles. The minimum Gasteiger partial charge on any atom is -0.257 e. The zero-order valence-corrected chi connectivity index (χ0v) is 12.2. The van der Waals surface area contributed by atoms with E-state index in [4.69, 9.17) is 0 Å². The molecule has 0 saturated carbocycles. The molecule has 18 heavy (non-hydrogen) atoms. The van der Waals surface area contributed by atoms with Crippen LogP contribution in [0.15, 0.2) is 12.1 Å². The molecule has 1 heterocycles. The molecule has 4 nitrogen and oxygen atoms in total. The number of anilines is 1. The van der Waals surface area contributed by atoms with E-state index in [-0.39, 0.29) is 0 Å². The van der Waals surface area contributed by atoms with E-state index in [1.807, 2.05) is 32.9 Å². The zero-order valence-electron chi connectivity index (χ0n) is 11.4. The van der Waals surface area contributed by atoms with Crippen LogP contribution in [0.4, 0.5) is 5.69 Å². The third-order valence-electron chi connectivity index (χ3n) is 3.39. The molecule has 0 aromatic heterocycles. The van der Waals surface area contributed by atoms with Crippen LogP contribution in [0, 0.1) is 20.8 Å². The van der Waals surface area contributed by atoms with Gasteiger partial charge in [0, 0.05) is 20.1 Å². The average Bonchev–Trinajstić information content (AvgIpc) is 2.23. The number of nitrogens with zero attached hydrogens (tertiary/aromatic N) is 2. The van der Waals surface area contributed by atoms with Gasteiger partial charge in [0.05, 0.1) is 5.69 Å². The summed E-state index contributed by atoms with van der Waals surface area (Å²) in [5, 5.41) is 0. The van der Waals surface area contributed by atoms with Gasteiger partial charge in [0.1, 0.15) is 0 Å². The Balaban J connectivity index is 2.55. The van der Waals surface area contributed by atoms with Gasteiger partial charge in [-0.25, -0.2) is 0 Å². The van der Waals surface area contributed by atoms with E-state index in [1.165, 1.54) is 4.31 Å². The van der Waals surface area contributed by atoms with Crippen molar-refractivity contribution in [2.24, 2.45) is 0 Å². The van der Waals surface area contributed by atoms with Crippen molar-refractivity contribution < 1.29 is 8.42 Å². The van der Waals surface area contributed by atoms with Crippen LogP contribution < -0.4 is 4.31 Å². The second kappa shape index (κ2) is 4.55. The fourth-order valence-corrected chi connectivity index (χ4v) is 4.20. The van der Waals surface area contributed by atoms with Crippen molar-refractivity contribution >= 4 is 15.9 Å². The molecule has 0 unspecified atom stereocenters. The first-order valence-electron chi connectivity index (χ1n) is 6.16. The molecule has 1 fully saturated rings. The Hall–Kier alpha value is -1.07. The lowest BCUT2D eigenvalue weighted by Gasteiger charge is -2.35. The van der Waals surface area contributed by atoms with E-state index in [0.29, 0.717) is 13.1 Å². The second-order valence-electron chi connectivity index (χ2n) is 5.00. The van der Waals surface area contributed by atoms with Gasteiger partial charge in [-0.1, -0.05) is 17.7 Å². The molecule has 0 spiro atoms. The summed E-state index contributed by atoms with van der Waals surface area (Å²) in [6.45, 7) is 7.14. The summed E-state index contributed by atoms with van der Waals surface area (Å²) < 4.78 is 27.7. The van der Waals surface area contributed by atoms with E-state index >= 15 is 0 Å². The lowest BCUT2D eigenvalue weighted by Crippen LogP contribution is -2.48. The normalized spacial score (nSPS) is 20.1. The largest absolute Gasteiger partial charge is 0.303 e. The Kier molecular flexibility index (Phi) is 3.38. The van der Waals surface area contributed by atoms with E-state index in [0.717, 1.165) is 28.8 Å². The quantitative estimate of drug-likeness (QED) is 0.781. The van der Waals surface area contributed by atoms with Crippen molar-refractivity contribution in [1.82, 2.24) is 4.31 Å².